The lowest BCUT2D eigenvalue weighted by atomic mass is 9.53. The Kier molecular flexibility index (Phi) is 2.25. The third-order valence-corrected chi connectivity index (χ3v) is 5.91. The highest BCUT2D eigenvalue weighted by Gasteiger charge is 2.66. The first-order valence-electron chi connectivity index (χ1n) is 7.73. The van der Waals surface area contributed by atoms with Crippen LogP contribution in [0.4, 0.5) is 0 Å². The van der Waals surface area contributed by atoms with Crippen LogP contribution in [0.15, 0.2) is 24.3 Å². The Hall–Kier alpha value is -2.34. The zero-order valence-electron chi connectivity index (χ0n) is 12.2. The molecule has 2 bridgehead atoms. The van der Waals surface area contributed by atoms with Gasteiger partial charge in [-0.3, -0.25) is 14.5 Å². The molecule has 2 aliphatic carbocycles. The van der Waals surface area contributed by atoms with Crippen LogP contribution in [0.1, 0.15) is 17.5 Å². The van der Waals surface area contributed by atoms with Gasteiger partial charge in [-0.25, -0.2) is 0 Å². The number of hydrogen-bond acceptors (Lipinski definition) is 5. The molecule has 0 radical (unpaired) electrons. The number of phenols is 1. The van der Waals surface area contributed by atoms with E-state index in [2.05, 4.69) is 0 Å². The monoisotopic (exact) mass is 313 g/mol. The van der Waals surface area contributed by atoms with Crippen molar-refractivity contribution in [1.82, 2.24) is 4.90 Å². The highest BCUT2D eigenvalue weighted by atomic mass is 16.5. The van der Waals surface area contributed by atoms with Gasteiger partial charge < -0.3 is 14.9 Å². The van der Waals surface area contributed by atoms with Crippen molar-refractivity contribution in [3.63, 3.8) is 0 Å². The van der Waals surface area contributed by atoms with Crippen molar-refractivity contribution in [2.45, 2.75) is 36.5 Å². The maximum absolute atomic E-state index is 12.5. The van der Waals surface area contributed by atoms with Gasteiger partial charge in [0.1, 0.15) is 12.2 Å². The SMILES string of the molecule is O=CN1C(=O)C[C@]23c4c5ccc(O)c4O[C@H]2[C@@H](O)C=C[C@H]3[C@H]1C5. The van der Waals surface area contributed by atoms with Gasteiger partial charge in [0.25, 0.3) is 0 Å². The van der Waals surface area contributed by atoms with Crippen LogP contribution in [0.25, 0.3) is 0 Å². The predicted octanol–water partition coefficient (Wildman–Crippen LogP) is 0.251. The fourth-order valence-electron chi connectivity index (χ4n) is 5.09. The van der Waals surface area contributed by atoms with Crippen LogP contribution in [-0.4, -0.2) is 45.7 Å². The molecular weight excluding hydrogens is 298 g/mol. The molecular formula is C17H15NO5. The normalized spacial score (nSPS) is 39.0. The molecule has 1 spiro atoms. The highest BCUT2D eigenvalue weighted by molar-refractivity contribution is 5.90. The van der Waals surface area contributed by atoms with Gasteiger partial charge >= 0.3 is 0 Å². The first-order chi connectivity index (χ1) is 11.1. The summed E-state index contributed by atoms with van der Waals surface area (Å²) in [6.45, 7) is 0. The number of aliphatic hydroxyl groups excluding tert-OH is 1. The standard InChI is InChI=1S/C17H15NO5/c19-7-18-10-5-8-1-3-11(20)15-14(8)17(6-13(18)22)9(10)2-4-12(21)16(17)23-15/h1-4,7,9-10,12,16,20-21H,5-6H2/t9-,10+,12-,16-,17-/m0/s1. The predicted molar refractivity (Wildman–Crippen MR) is 77.9 cm³/mol. The molecule has 4 aliphatic rings. The molecule has 1 aromatic carbocycles. The molecule has 2 amide bonds. The van der Waals surface area contributed by atoms with Crippen molar-refractivity contribution in [3.05, 3.63) is 35.4 Å². The molecule has 0 unspecified atom stereocenters. The van der Waals surface area contributed by atoms with Gasteiger partial charge in [-0.2, -0.15) is 0 Å². The number of hydrogen-bond donors (Lipinski definition) is 2. The second-order valence-electron chi connectivity index (χ2n) is 6.78. The van der Waals surface area contributed by atoms with Crippen LogP contribution in [0.5, 0.6) is 11.5 Å². The Morgan fingerprint density at radius 2 is 2.17 bits per heavy atom. The summed E-state index contributed by atoms with van der Waals surface area (Å²) < 4.78 is 5.93. The summed E-state index contributed by atoms with van der Waals surface area (Å²) in [6.07, 6.45) is 3.36. The Bertz CT molecular complexity index is 787. The first kappa shape index (κ1) is 13.1. The zero-order chi connectivity index (χ0) is 15.9. The van der Waals surface area contributed by atoms with E-state index in [4.69, 9.17) is 4.74 Å². The number of carbonyl (C=O) groups is 2. The topological polar surface area (TPSA) is 87.1 Å². The van der Waals surface area contributed by atoms with E-state index in [1.807, 2.05) is 12.1 Å². The summed E-state index contributed by atoms with van der Waals surface area (Å²) >= 11 is 0. The van der Waals surface area contributed by atoms with E-state index < -0.39 is 17.6 Å². The van der Waals surface area contributed by atoms with Gasteiger partial charge in [0.15, 0.2) is 11.5 Å². The van der Waals surface area contributed by atoms with Crippen LogP contribution in [0.2, 0.25) is 0 Å². The molecule has 2 heterocycles. The average Bonchev–Trinajstić information content (AvgIpc) is 2.86. The number of aliphatic hydroxyl groups is 1. The second-order valence-corrected chi connectivity index (χ2v) is 6.78. The van der Waals surface area contributed by atoms with Crippen molar-refractivity contribution in [1.29, 1.82) is 0 Å². The highest BCUT2D eigenvalue weighted by Crippen LogP contribution is 2.62. The molecule has 0 saturated carbocycles. The summed E-state index contributed by atoms with van der Waals surface area (Å²) in [4.78, 5) is 25.2. The lowest BCUT2D eigenvalue weighted by Crippen LogP contribution is -2.66. The molecule has 2 N–H and O–H groups in total. The Morgan fingerprint density at radius 3 is 2.96 bits per heavy atom. The number of nitrogens with zero attached hydrogens (tertiary/aromatic N) is 1. The van der Waals surface area contributed by atoms with Crippen LogP contribution < -0.4 is 4.74 Å². The fourth-order valence-corrected chi connectivity index (χ4v) is 5.09. The van der Waals surface area contributed by atoms with E-state index in [9.17, 15) is 19.8 Å². The minimum Gasteiger partial charge on any atom is -0.504 e. The second kappa shape index (κ2) is 3.94. The van der Waals surface area contributed by atoms with E-state index in [0.29, 0.717) is 18.6 Å². The Balaban J connectivity index is 1.85. The molecule has 5 rings (SSSR count). The van der Waals surface area contributed by atoms with Gasteiger partial charge in [-0.15, -0.1) is 0 Å². The van der Waals surface area contributed by atoms with Crippen molar-refractivity contribution < 1.29 is 24.5 Å². The summed E-state index contributed by atoms with van der Waals surface area (Å²) in [5, 5.41) is 20.6. The summed E-state index contributed by atoms with van der Waals surface area (Å²) in [7, 11) is 0. The number of phenolic OH excluding ortho intramolecular Hbond substituents is 1. The minimum atomic E-state index is -0.847. The summed E-state index contributed by atoms with van der Waals surface area (Å²) in [6, 6.07) is 3.13. The van der Waals surface area contributed by atoms with Crippen LogP contribution in [0.3, 0.4) is 0 Å². The van der Waals surface area contributed by atoms with Crippen molar-refractivity contribution >= 4 is 12.3 Å². The van der Waals surface area contributed by atoms with Crippen molar-refractivity contribution in [2.24, 2.45) is 5.92 Å². The summed E-state index contributed by atoms with van der Waals surface area (Å²) in [5.41, 5.74) is 1.12. The van der Waals surface area contributed by atoms with Crippen LogP contribution in [-0.2, 0) is 21.4 Å². The van der Waals surface area contributed by atoms with E-state index in [0.717, 1.165) is 11.1 Å². The van der Waals surface area contributed by atoms with Gasteiger partial charge in [-0.1, -0.05) is 18.2 Å². The molecule has 118 valence electrons. The molecule has 0 aromatic heterocycles. The minimum absolute atomic E-state index is 0.0298. The Morgan fingerprint density at radius 1 is 1.35 bits per heavy atom. The maximum Gasteiger partial charge on any atom is 0.230 e. The van der Waals surface area contributed by atoms with E-state index in [1.54, 1.807) is 12.1 Å². The van der Waals surface area contributed by atoms with Crippen LogP contribution >= 0.6 is 0 Å². The van der Waals surface area contributed by atoms with Crippen LogP contribution in [0, 0.1) is 5.92 Å². The first-order valence-corrected chi connectivity index (χ1v) is 7.73. The van der Waals surface area contributed by atoms with Gasteiger partial charge in [0, 0.05) is 17.9 Å². The molecule has 1 saturated heterocycles. The lowest BCUT2D eigenvalue weighted by molar-refractivity contribution is -0.152. The number of aromatic hydroxyl groups is 1. The fraction of sp³-hybridized carbons (Fsp3) is 0.412. The van der Waals surface area contributed by atoms with E-state index in [-0.39, 0.29) is 30.0 Å². The number of ether oxygens (including phenoxy) is 1. The van der Waals surface area contributed by atoms with E-state index >= 15 is 0 Å². The number of carbonyl (C=O) groups excluding carboxylic acids is 2. The summed E-state index contributed by atoms with van der Waals surface area (Å²) in [5.74, 6) is 0.0572. The third kappa shape index (κ3) is 1.30. The van der Waals surface area contributed by atoms with Crippen molar-refractivity contribution in [2.75, 3.05) is 0 Å². The number of piperidine rings is 1. The quantitative estimate of drug-likeness (QED) is 0.573. The number of likely N-dealkylation sites (tertiary alicyclic amines) is 1. The lowest BCUT2D eigenvalue weighted by Gasteiger charge is -2.55. The molecule has 5 atom stereocenters. The van der Waals surface area contributed by atoms with E-state index in [1.165, 1.54) is 4.90 Å². The van der Waals surface area contributed by atoms with Gasteiger partial charge in [0.2, 0.25) is 12.3 Å². The average molecular weight is 313 g/mol. The number of benzene rings is 1. The number of amides is 2. The molecule has 23 heavy (non-hydrogen) atoms. The maximum atomic E-state index is 12.5. The smallest absolute Gasteiger partial charge is 0.230 e. The Labute approximate surface area is 132 Å². The van der Waals surface area contributed by atoms with Gasteiger partial charge in [-0.05, 0) is 18.1 Å². The molecule has 6 nitrogen and oxygen atoms in total. The third-order valence-electron chi connectivity index (χ3n) is 5.91. The molecule has 2 aliphatic heterocycles. The number of rotatable bonds is 1. The number of imide groups is 1. The molecule has 6 heteroatoms. The molecule has 1 aromatic rings. The van der Waals surface area contributed by atoms with Crippen molar-refractivity contribution in [3.8, 4) is 11.5 Å². The largest absolute Gasteiger partial charge is 0.504 e. The zero-order valence-corrected chi connectivity index (χ0v) is 12.2. The molecule has 1 fully saturated rings. The van der Waals surface area contributed by atoms with Gasteiger partial charge in [0.05, 0.1) is 11.5 Å².